The summed E-state index contributed by atoms with van der Waals surface area (Å²) < 4.78 is 0. The number of halogens is 1. The lowest BCUT2D eigenvalue weighted by molar-refractivity contribution is -0.142. The number of aromatic nitrogens is 1. The number of rotatable bonds is 6. The predicted octanol–water partition coefficient (Wildman–Crippen LogP) is 2.33. The highest BCUT2D eigenvalue weighted by Gasteiger charge is 2.68. The number of hydrogen-bond donors (Lipinski definition) is 4. The van der Waals surface area contributed by atoms with Crippen molar-refractivity contribution in [2.24, 2.45) is 5.92 Å². The first-order valence-electron chi connectivity index (χ1n) is 9.95. The van der Waals surface area contributed by atoms with Crippen molar-refractivity contribution in [2.45, 2.75) is 69.0 Å². The normalized spacial score (nSPS) is 32.3. The molecule has 4 N–H and O–H groups in total. The Morgan fingerprint density at radius 3 is 2.38 bits per heavy atom. The first-order valence-corrected chi connectivity index (χ1v) is 10.3. The molecular formula is C20H25ClN4O4. The number of aliphatic carboxylic acids is 1. The Balaban J connectivity index is 1.39. The minimum Gasteiger partial charge on any atom is -0.481 e. The molecule has 0 radical (unpaired) electrons. The summed E-state index contributed by atoms with van der Waals surface area (Å²) in [5.74, 6) is -1.35. The molecule has 8 nitrogen and oxygen atoms in total. The van der Waals surface area contributed by atoms with Gasteiger partial charge in [-0.15, -0.1) is 0 Å². The second kappa shape index (κ2) is 7.16. The Morgan fingerprint density at radius 2 is 1.79 bits per heavy atom. The third-order valence-electron chi connectivity index (χ3n) is 6.40. The fourth-order valence-corrected chi connectivity index (χ4v) is 5.33. The van der Waals surface area contributed by atoms with Gasteiger partial charge in [0.15, 0.2) is 0 Å². The van der Waals surface area contributed by atoms with Crippen molar-refractivity contribution in [1.82, 2.24) is 15.6 Å². The maximum atomic E-state index is 12.9. The minimum absolute atomic E-state index is 0.0251. The average molecular weight is 421 g/mol. The molecule has 4 aliphatic carbocycles. The smallest absolute Gasteiger partial charge is 0.306 e. The van der Waals surface area contributed by atoms with E-state index in [1.165, 1.54) is 13.1 Å². The zero-order valence-electron chi connectivity index (χ0n) is 16.3. The van der Waals surface area contributed by atoms with Crippen LogP contribution in [0.2, 0.25) is 5.15 Å². The monoisotopic (exact) mass is 420 g/mol. The number of pyridine rings is 1. The van der Waals surface area contributed by atoms with E-state index in [1.807, 2.05) is 0 Å². The highest BCUT2D eigenvalue weighted by atomic mass is 35.5. The first kappa shape index (κ1) is 19.9. The van der Waals surface area contributed by atoms with Gasteiger partial charge in [0.2, 0.25) is 5.91 Å². The summed E-state index contributed by atoms with van der Waals surface area (Å²) in [6.45, 7) is 1.52. The number of carboxylic acids is 1. The Hall–Kier alpha value is -2.35. The van der Waals surface area contributed by atoms with Crippen LogP contribution in [-0.2, 0) is 9.59 Å². The molecule has 29 heavy (non-hydrogen) atoms. The van der Waals surface area contributed by atoms with Crippen LogP contribution >= 0.6 is 11.6 Å². The average Bonchev–Trinajstić information content (AvgIpc) is 2.59. The Bertz CT molecular complexity index is 846. The summed E-state index contributed by atoms with van der Waals surface area (Å²) in [6, 6.07) is 1.61. The molecule has 4 saturated carbocycles. The summed E-state index contributed by atoms with van der Waals surface area (Å²) >= 11 is 6.06. The van der Waals surface area contributed by atoms with Crippen LogP contribution in [0, 0.1) is 5.92 Å². The molecule has 5 rings (SSSR count). The van der Waals surface area contributed by atoms with Gasteiger partial charge in [-0.2, -0.15) is 0 Å². The van der Waals surface area contributed by atoms with Crippen LogP contribution in [0.25, 0.3) is 0 Å². The lowest BCUT2D eigenvalue weighted by Crippen LogP contribution is -2.81. The van der Waals surface area contributed by atoms with E-state index in [-0.39, 0.29) is 34.9 Å². The van der Waals surface area contributed by atoms with Gasteiger partial charge >= 0.3 is 5.97 Å². The van der Waals surface area contributed by atoms with Gasteiger partial charge in [0.1, 0.15) is 5.15 Å². The number of anilines is 1. The van der Waals surface area contributed by atoms with Gasteiger partial charge in [-0.05, 0) is 51.0 Å². The van der Waals surface area contributed by atoms with Crippen LogP contribution in [0.5, 0.6) is 0 Å². The topological polar surface area (TPSA) is 120 Å². The Kier molecular flexibility index (Phi) is 4.93. The summed E-state index contributed by atoms with van der Waals surface area (Å²) in [5, 5.41) is 18.9. The van der Waals surface area contributed by atoms with Crippen molar-refractivity contribution in [3.8, 4) is 0 Å². The van der Waals surface area contributed by atoms with E-state index in [4.69, 9.17) is 16.7 Å². The predicted molar refractivity (Wildman–Crippen MR) is 107 cm³/mol. The molecule has 0 aliphatic heterocycles. The fourth-order valence-electron chi connectivity index (χ4n) is 5.17. The lowest BCUT2D eigenvalue weighted by Gasteiger charge is -2.70. The van der Waals surface area contributed by atoms with Crippen LogP contribution in [0.4, 0.5) is 5.69 Å². The first-order chi connectivity index (χ1) is 13.7. The third-order valence-corrected chi connectivity index (χ3v) is 6.60. The summed E-state index contributed by atoms with van der Waals surface area (Å²) in [4.78, 5) is 39.4. The van der Waals surface area contributed by atoms with Crippen molar-refractivity contribution in [3.63, 3.8) is 0 Å². The molecule has 156 valence electrons. The van der Waals surface area contributed by atoms with Crippen LogP contribution in [-0.4, -0.2) is 45.0 Å². The lowest BCUT2D eigenvalue weighted by atomic mass is 9.44. The van der Waals surface area contributed by atoms with Gasteiger partial charge in [-0.1, -0.05) is 11.6 Å². The maximum absolute atomic E-state index is 12.9. The number of nitrogens with zero attached hydrogens (tertiary/aromatic N) is 1. The minimum atomic E-state index is -0.765. The second-order valence-electron chi connectivity index (χ2n) is 8.81. The van der Waals surface area contributed by atoms with E-state index in [0.29, 0.717) is 42.1 Å². The summed E-state index contributed by atoms with van der Waals surface area (Å²) in [5.41, 5.74) is 0.827. The Labute approximate surface area is 173 Å². The van der Waals surface area contributed by atoms with Gasteiger partial charge in [0.25, 0.3) is 5.91 Å². The molecule has 0 atom stereocenters. The van der Waals surface area contributed by atoms with Gasteiger partial charge < -0.3 is 21.1 Å². The zero-order chi connectivity index (χ0) is 20.8. The quantitative estimate of drug-likeness (QED) is 0.524. The molecule has 0 spiro atoms. The summed E-state index contributed by atoms with van der Waals surface area (Å²) in [6.07, 6.45) is 6.36. The van der Waals surface area contributed by atoms with Crippen molar-refractivity contribution < 1.29 is 19.5 Å². The molecular weight excluding hydrogens is 396 g/mol. The van der Waals surface area contributed by atoms with E-state index in [2.05, 4.69) is 20.9 Å². The fraction of sp³-hybridized carbons (Fsp3) is 0.600. The Morgan fingerprint density at radius 1 is 1.14 bits per heavy atom. The van der Waals surface area contributed by atoms with Gasteiger partial charge in [0, 0.05) is 30.2 Å². The third kappa shape index (κ3) is 3.90. The van der Waals surface area contributed by atoms with Crippen molar-refractivity contribution >= 4 is 35.1 Å². The zero-order valence-corrected chi connectivity index (χ0v) is 17.0. The van der Waals surface area contributed by atoms with E-state index < -0.39 is 5.97 Å². The highest BCUT2D eigenvalue weighted by molar-refractivity contribution is 6.29. The number of hydrogen-bond acceptors (Lipinski definition) is 5. The van der Waals surface area contributed by atoms with E-state index in [9.17, 15) is 14.4 Å². The molecule has 1 heterocycles. The van der Waals surface area contributed by atoms with Crippen LogP contribution in [0.1, 0.15) is 62.2 Å². The molecule has 2 amide bonds. The van der Waals surface area contributed by atoms with Crippen LogP contribution < -0.4 is 16.0 Å². The van der Waals surface area contributed by atoms with E-state index in [0.717, 1.165) is 19.3 Å². The van der Waals surface area contributed by atoms with Crippen LogP contribution in [0.15, 0.2) is 12.3 Å². The number of carbonyl (C=O) groups excluding carboxylic acids is 2. The standard InChI is InChI=1S/C20H25ClN4O4/c1-11(26)24-19-8-20(9-19,10-19)25-15-6-16(21)22-7-14(15)17(27)23-13-4-2-12(3-5-13)18(28)29/h6-7,12-13H,2-5,8-10H2,1H3,(H,22,25)(H,23,27)(H,24,26)(H,28,29). The summed E-state index contributed by atoms with van der Waals surface area (Å²) in [7, 11) is 0. The largest absolute Gasteiger partial charge is 0.481 e. The van der Waals surface area contributed by atoms with Crippen LogP contribution in [0.3, 0.4) is 0 Å². The molecule has 4 fully saturated rings. The van der Waals surface area contributed by atoms with E-state index >= 15 is 0 Å². The van der Waals surface area contributed by atoms with Gasteiger partial charge in [-0.25, -0.2) is 4.98 Å². The number of nitrogens with one attached hydrogen (secondary N) is 3. The molecule has 0 unspecified atom stereocenters. The van der Waals surface area contributed by atoms with Crippen molar-refractivity contribution in [3.05, 3.63) is 23.0 Å². The molecule has 2 bridgehead atoms. The number of carboxylic acid groups (broad SMARTS) is 1. The number of carbonyl (C=O) groups is 3. The van der Waals surface area contributed by atoms with Gasteiger partial charge in [0.05, 0.1) is 17.2 Å². The van der Waals surface area contributed by atoms with E-state index in [1.54, 1.807) is 6.07 Å². The van der Waals surface area contributed by atoms with Crippen molar-refractivity contribution in [2.75, 3.05) is 5.32 Å². The number of amides is 2. The maximum Gasteiger partial charge on any atom is 0.306 e. The molecule has 4 aliphatic rings. The SMILES string of the molecule is CC(=O)NC12CC(Nc3cc(Cl)ncc3C(=O)NC3CCC(C(=O)O)CC3)(C1)C2. The van der Waals surface area contributed by atoms with Crippen molar-refractivity contribution in [1.29, 1.82) is 0 Å². The second-order valence-corrected chi connectivity index (χ2v) is 9.20. The van der Waals surface area contributed by atoms with Gasteiger partial charge in [-0.3, -0.25) is 14.4 Å². The molecule has 0 aromatic carbocycles. The highest BCUT2D eigenvalue weighted by Crippen LogP contribution is 2.61. The molecule has 1 aromatic rings. The molecule has 9 heteroatoms. The molecule has 1 aromatic heterocycles. The molecule has 0 saturated heterocycles.